The molecule has 1 atom stereocenters. The number of nitrogens with one attached hydrogen (secondary N) is 1. The number of nitrogens with zero attached hydrogens (tertiary/aromatic N) is 4. The summed E-state index contributed by atoms with van der Waals surface area (Å²) in [5, 5.41) is 20.2. The van der Waals surface area contributed by atoms with Gasteiger partial charge in [0.1, 0.15) is 0 Å². The van der Waals surface area contributed by atoms with Crippen LogP contribution in [0.2, 0.25) is 0 Å². The molecule has 112 valence electrons. The van der Waals surface area contributed by atoms with E-state index in [4.69, 9.17) is 5.11 Å². The van der Waals surface area contributed by atoms with Crippen LogP contribution in [0.3, 0.4) is 0 Å². The molecule has 2 rings (SSSR count). The summed E-state index contributed by atoms with van der Waals surface area (Å²) in [5.74, 6) is -0.598. The van der Waals surface area contributed by atoms with Crippen molar-refractivity contribution < 1.29 is 9.90 Å². The molecule has 0 bridgehead atoms. The summed E-state index contributed by atoms with van der Waals surface area (Å²) < 4.78 is 1.48. The molecule has 0 aliphatic heterocycles. The molecular weight excluding hydrogens is 274 g/mol. The molecule has 8 heteroatoms. The Bertz CT molecular complexity index is 691. The Morgan fingerprint density at radius 2 is 2.29 bits per heavy atom. The lowest BCUT2D eigenvalue weighted by molar-refractivity contribution is -0.138. The minimum atomic E-state index is -0.857. The zero-order valence-electron chi connectivity index (χ0n) is 11.9. The third-order valence-corrected chi connectivity index (χ3v) is 3.30. The number of aromatic amines is 1. The van der Waals surface area contributed by atoms with Crippen LogP contribution in [-0.4, -0.2) is 36.3 Å². The molecule has 2 aromatic heterocycles. The highest BCUT2D eigenvalue weighted by Crippen LogP contribution is 2.16. The van der Waals surface area contributed by atoms with E-state index in [0.29, 0.717) is 24.4 Å². The Labute approximate surface area is 120 Å². The number of tetrazole rings is 1. The number of pyridine rings is 1. The number of aryl methyl sites for hydroxylation is 1. The fourth-order valence-corrected chi connectivity index (χ4v) is 2.10. The quantitative estimate of drug-likeness (QED) is 0.815. The number of rotatable bonds is 6. The van der Waals surface area contributed by atoms with Gasteiger partial charge in [0.2, 0.25) is 0 Å². The van der Waals surface area contributed by atoms with E-state index in [9.17, 15) is 9.59 Å². The van der Waals surface area contributed by atoms with Gasteiger partial charge in [0.25, 0.3) is 0 Å². The first-order valence-electron chi connectivity index (χ1n) is 6.69. The molecule has 0 saturated heterocycles. The van der Waals surface area contributed by atoms with Gasteiger partial charge in [0.05, 0.1) is 5.56 Å². The van der Waals surface area contributed by atoms with E-state index < -0.39 is 5.97 Å². The lowest BCUT2D eigenvalue weighted by Crippen LogP contribution is -2.17. The van der Waals surface area contributed by atoms with Crippen LogP contribution < -0.4 is 5.43 Å². The number of hydrogen-bond donors (Lipinski definition) is 2. The fourth-order valence-electron chi connectivity index (χ4n) is 2.10. The molecule has 0 fully saturated rings. The number of carbonyl (C=O) groups is 1. The molecule has 0 aliphatic carbocycles. The standard InChI is InChI=1S/C13H17N5O3/c1-3-9(5-12(20)21)7-18-13(15-16-17-18)10-6-14-8(2)4-11(10)19/h4,6,9H,3,5,7H2,1-2H3,(H,14,19)(H,20,21). The summed E-state index contributed by atoms with van der Waals surface area (Å²) in [6.07, 6.45) is 2.30. The van der Waals surface area contributed by atoms with Crippen molar-refractivity contribution in [3.8, 4) is 11.4 Å². The highest BCUT2D eigenvalue weighted by molar-refractivity contribution is 5.67. The first-order chi connectivity index (χ1) is 10.0. The van der Waals surface area contributed by atoms with Gasteiger partial charge in [-0.1, -0.05) is 13.3 Å². The molecule has 21 heavy (non-hydrogen) atoms. The van der Waals surface area contributed by atoms with Crippen LogP contribution in [0.5, 0.6) is 0 Å². The number of aromatic nitrogens is 5. The Hall–Kier alpha value is -2.51. The normalized spacial score (nSPS) is 12.3. The van der Waals surface area contributed by atoms with Crippen molar-refractivity contribution in [2.24, 2.45) is 5.92 Å². The highest BCUT2D eigenvalue weighted by atomic mass is 16.4. The monoisotopic (exact) mass is 291 g/mol. The fraction of sp³-hybridized carbons (Fsp3) is 0.462. The average Bonchev–Trinajstić information content (AvgIpc) is 2.85. The van der Waals surface area contributed by atoms with Gasteiger partial charge < -0.3 is 10.1 Å². The van der Waals surface area contributed by atoms with Gasteiger partial charge in [-0.3, -0.25) is 9.59 Å². The van der Waals surface area contributed by atoms with Crippen LogP contribution in [0.25, 0.3) is 11.4 Å². The maximum absolute atomic E-state index is 12.0. The van der Waals surface area contributed by atoms with E-state index in [0.717, 1.165) is 5.69 Å². The molecule has 0 radical (unpaired) electrons. The molecule has 0 spiro atoms. The molecule has 2 aromatic rings. The van der Waals surface area contributed by atoms with Gasteiger partial charge in [-0.15, -0.1) is 5.10 Å². The predicted octanol–water partition coefficient (Wildman–Crippen LogP) is 0.838. The summed E-state index contributed by atoms with van der Waals surface area (Å²) in [4.78, 5) is 25.8. The van der Waals surface area contributed by atoms with Gasteiger partial charge in [-0.2, -0.15) is 0 Å². The van der Waals surface area contributed by atoms with Crippen molar-refractivity contribution in [3.63, 3.8) is 0 Å². The van der Waals surface area contributed by atoms with Crippen LogP contribution in [0.1, 0.15) is 25.5 Å². The Kier molecular flexibility index (Phi) is 4.46. The van der Waals surface area contributed by atoms with Gasteiger partial charge in [0.15, 0.2) is 11.3 Å². The van der Waals surface area contributed by atoms with Crippen molar-refractivity contribution in [1.29, 1.82) is 0 Å². The third-order valence-electron chi connectivity index (χ3n) is 3.30. The molecule has 0 aliphatic rings. The first-order valence-corrected chi connectivity index (χ1v) is 6.69. The van der Waals surface area contributed by atoms with E-state index >= 15 is 0 Å². The van der Waals surface area contributed by atoms with Crippen LogP contribution in [0.15, 0.2) is 17.1 Å². The molecule has 1 unspecified atom stereocenters. The summed E-state index contributed by atoms with van der Waals surface area (Å²) in [7, 11) is 0. The van der Waals surface area contributed by atoms with E-state index in [1.54, 1.807) is 13.1 Å². The van der Waals surface area contributed by atoms with Crippen LogP contribution >= 0.6 is 0 Å². The summed E-state index contributed by atoms with van der Waals surface area (Å²) in [6.45, 7) is 4.06. The van der Waals surface area contributed by atoms with Crippen molar-refractivity contribution in [2.45, 2.75) is 33.2 Å². The number of carboxylic acid groups (broad SMARTS) is 1. The van der Waals surface area contributed by atoms with Gasteiger partial charge in [-0.25, -0.2) is 4.68 Å². The van der Waals surface area contributed by atoms with Crippen molar-refractivity contribution in [2.75, 3.05) is 0 Å². The maximum atomic E-state index is 12.0. The smallest absolute Gasteiger partial charge is 0.303 e. The number of carboxylic acids is 1. The van der Waals surface area contributed by atoms with Crippen molar-refractivity contribution in [3.05, 3.63) is 28.2 Å². The SMILES string of the molecule is CCC(CC(=O)O)Cn1nnnc1-c1c[nH]c(C)cc1=O. The van der Waals surface area contributed by atoms with Gasteiger partial charge >= 0.3 is 5.97 Å². The van der Waals surface area contributed by atoms with Crippen molar-refractivity contribution in [1.82, 2.24) is 25.2 Å². The zero-order valence-corrected chi connectivity index (χ0v) is 11.9. The number of H-pyrrole nitrogens is 1. The van der Waals surface area contributed by atoms with E-state index in [2.05, 4.69) is 20.5 Å². The lowest BCUT2D eigenvalue weighted by atomic mass is 10.0. The van der Waals surface area contributed by atoms with Crippen LogP contribution in [0, 0.1) is 12.8 Å². The molecule has 0 amide bonds. The molecule has 2 N–H and O–H groups in total. The molecule has 0 aromatic carbocycles. The summed E-state index contributed by atoms with van der Waals surface area (Å²) >= 11 is 0. The molecular formula is C13H17N5O3. The zero-order chi connectivity index (χ0) is 15.4. The minimum absolute atomic E-state index is 0.0417. The second kappa shape index (κ2) is 6.29. The highest BCUT2D eigenvalue weighted by Gasteiger charge is 2.18. The molecule has 0 saturated carbocycles. The maximum Gasteiger partial charge on any atom is 0.303 e. The summed E-state index contributed by atoms with van der Waals surface area (Å²) in [5.41, 5.74) is 0.949. The summed E-state index contributed by atoms with van der Waals surface area (Å²) in [6, 6.07) is 1.48. The Morgan fingerprint density at radius 1 is 1.52 bits per heavy atom. The van der Waals surface area contributed by atoms with Gasteiger partial charge in [-0.05, 0) is 23.3 Å². The van der Waals surface area contributed by atoms with E-state index in [-0.39, 0.29) is 17.8 Å². The minimum Gasteiger partial charge on any atom is -0.481 e. The molecule has 2 heterocycles. The van der Waals surface area contributed by atoms with Crippen LogP contribution in [0.4, 0.5) is 0 Å². The number of hydrogen-bond acceptors (Lipinski definition) is 5. The van der Waals surface area contributed by atoms with E-state index in [1.165, 1.54) is 10.7 Å². The lowest BCUT2D eigenvalue weighted by Gasteiger charge is -2.12. The average molecular weight is 291 g/mol. The van der Waals surface area contributed by atoms with E-state index in [1.807, 2.05) is 6.92 Å². The van der Waals surface area contributed by atoms with Crippen molar-refractivity contribution >= 4 is 5.97 Å². The van der Waals surface area contributed by atoms with Gasteiger partial charge in [0, 0.05) is 30.9 Å². The second-order valence-corrected chi connectivity index (χ2v) is 4.95. The Morgan fingerprint density at radius 3 is 2.90 bits per heavy atom. The predicted molar refractivity (Wildman–Crippen MR) is 74.6 cm³/mol. The third kappa shape index (κ3) is 3.53. The largest absolute Gasteiger partial charge is 0.481 e. The first kappa shape index (κ1) is 14.9. The Balaban J connectivity index is 2.30. The second-order valence-electron chi connectivity index (χ2n) is 4.95. The van der Waals surface area contributed by atoms with Crippen LogP contribution in [-0.2, 0) is 11.3 Å². The topological polar surface area (TPSA) is 114 Å². The number of aliphatic carboxylic acids is 1. The molecule has 8 nitrogen and oxygen atoms in total.